The van der Waals surface area contributed by atoms with Crippen molar-refractivity contribution in [3.63, 3.8) is 0 Å². The molecule has 0 fully saturated rings. The number of carbonyl (C=O) groups excluding carboxylic acids is 1. The first-order valence-corrected chi connectivity index (χ1v) is 8.70. The van der Waals surface area contributed by atoms with Crippen LogP contribution in [0.5, 0.6) is 0 Å². The average Bonchev–Trinajstić information content (AvgIpc) is 2.95. The van der Waals surface area contributed by atoms with Crippen LogP contribution in [0, 0.1) is 0 Å². The Bertz CT molecular complexity index is 853. The molecule has 0 saturated carbocycles. The first-order valence-electron chi connectivity index (χ1n) is 6.65. The topological polar surface area (TPSA) is 54.0 Å². The van der Waals surface area contributed by atoms with Gasteiger partial charge in [-0.3, -0.25) is 5.32 Å². The molecular formula is C16H11BrClN3OS. The maximum Gasteiger partial charge on any atom is 0.325 e. The molecule has 0 radical (unpaired) electrons. The molecule has 1 aromatic heterocycles. The predicted molar refractivity (Wildman–Crippen MR) is 99.3 cm³/mol. The van der Waals surface area contributed by atoms with E-state index in [0.29, 0.717) is 15.8 Å². The lowest BCUT2D eigenvalue weighted by molar-refractivity contribution is 0.262. The number of thiazole rings is 1. The standard InChI is InChI=1S/C16H11BrClN3OS/c17-11-4-1-3-10(7-11)14-9-23-16(20-14)21-15(22)19-13-6-2-5-12(18)8-13/h1-9H,(H2,19,20,21,22). The fourth-order valence-corrected chi connectivity index (χ4v) is 3.24. The highest BCUT2D eigenvalue weighted by molar-refractivity contribution is 9.10. The lowest BCUT2D eigenvalue weighted by atomic mass is 10.2. The van der Waals surface area contributed by atoms with Gasteiger partial charge in [0.15, 0.2) is 5.13 Å². The first kappa shape index (κ1) is 16.0. The molecule has 3 rings (SSSR count). The summed E-state index contributed by atoms with van der Waals surface area (Å²) in [4.78, 5) is 16.4. The quantitative estimate of drug-likeness (QED) is 0.569. The molecule has 0 aliphatic rings. The Labute approximate surface area is 150 Å². The van der Waals surface area contributed by atoms with Gasteiger partial charge in [0.25, 0.3) is 0 Å². The summed E-state index contributed by atoms with van der Waals surface area (Å²) in [5.74, 6) is 0. The summed E-state index contributed by atoms with van der Waals surface area (Å²) in [6, 6.07) is 14.4. The van der Waals surface area contributed by atoms with E-state index in [1.807, 2.05) is 29.6 Å². The largest absolute Gasteiger partial charge is 0.325 e. The normalized spacial score (nSPS) is 10.3. The van der Waals surface area contributed by atoms with Crippen LogP contribution in [0.2, 0.25) is 5.02 Å². The van der Waals surface area contributed by atoms with Crippen molar-refractivity contribution in [2.75, 3.05) is 10.6 Å². The van der Waals surface area contributed by atoms with Crippen molar-refractivity contribution in [2.24, 2.45) is 0 Å². The molecule has 0 unspecified atom stereocenters. The molecule has 1 heterocycles. The van der Waals surface area contributed by atoms with Gasteiger partial charge in [-0.25, -0.2) is 9.78 Å². The summed E-state index contributed by atoms with van der Waals surface area (Å²) in [7, 11) is 0. The van der Waals surface area contributed by atoms with Crippen molar-refractivity contribution in [1.82, 2.24) is 4.98 Å². The Hall–Kier alpha value is -1.89. The Kier molecular flexibility index (Phi) is 4.95. The highest BCUT2D eigenvalue weighted by Crippen LogP contribution is 2.27. The molecule has 0 atom stereocenters. The van der Waals surface area contributed by atoms with E-state index >= 15 is 0 Å². The molecule has 2 N–H and O–H groups in total. The Morgan fingerprint density at radius 2 is 1.96 bits per heavy atom. The molecule has 4 nitrogen and oxygen atoms in total. The third-order valence-electron chi connectivity index (χ3n) is 2.93. The SMILES string of the molecule is O=C(Nc1cccc(Cl)c1)Nc1nc(-c2cccc(Br)c2)cs1. The minimum atomic E-state index is -0.359. The highest BCUT2D eigenvalue weighted by Gasteiger charge is 2.08. The molecule has 0 aliphatic heterocycles. The molecule has 7 heteroatoms. The van der Waals surface area contributed by atoms with E-state index in [9.17, 15) is 4.79 Å². The lowest BCUT2D eigenvalue weighted by Gasteiger charge is -2.05. The van der Waals surface area contributed by atoms with Crippen LogP contribution in [-0.2, 0) is 0 Å². The number of carbonyl (C=O) groups is 1. The molecule has 0 saturated heterocycles. The number of anilines is 2. The third-order valence-corrected chi connectivity index (χ3v) is 4.41. The minimum Gasteiger partial charge on any atom is -0.308 e. The molecule has 2 amide bonds. The van der Waals surface area contributed by atoms with Crippen molar-refractivity contribution < 1.29 is 4.79 Å². The zero-order valence-corrected chi connectivity index (χ0v) is 14.9. The number of halogens is 2. The smallest absolute Gasteiger partial charge is 0.308 e. The van der Waals surface area contributed by atoms with Gasteiger partial charge in [0, 0.05) is 26.1 Å². The van der Waals surface area contributed by atoms with Gasteiger partial charge in [-0.1, -0.05) is 45.7 Å². The first-order chi connectivity index (χ1) is 11.1. The van der Waals surface area contributed by atoms with E-state index < -0.39 is 0 Å². The number of amides is 2. The van der Waals surface area contributed by atoms with Crippen molar-refractivity contribution in [2.45, 2.75) is 0 Å². The third kappa shape index (κ3) is 4.31. The number of benzene rings is 2. The molecule has 2 aromatic carbocycles. The fraction of sp³-hybridized carbons (Fsp3) is 0. The Balaban J connectivity index is 1.68. The Morgan fingerprint density at radius 3 is 2.74 bits per heavy atom. The van der Waals surface area contributed by atoms with Gasteiger partial charge in [0.2, 0.25) is 0 Å². The summed E-state index contributed by atoms with van der Waals surface area (Å²) < 4.78 is 0.983. The van der Waals surface area contributed by atoms with Crippen LogP contribution in [0.25, 0.3) is 11.3 Å². The zero-order chi connectivity index (χ0) is 16.2. The van der Waals surface area contributed by atoms with Gasteiger partial charge >= 0.3 is 6.03 Å². The summed E-state index contributed by atoms with van der Waals surface area (Å²) in [5, 5.41) is 8.42. The van der Waals surface area contributed by atoms with Crippen LogP contribution in [0.3, 0.4) is 0 Å². The summed E-state index contributed by atoms with van der Waals surface area (Å²) in [6.45, 7) is 0. The second kappa shape index (κ2) is 7.12. The minimum absolute atomic E-state index is 0.359. The van der Waals surface area contributed by atoms with Gasteiger partial charge in [-0.05, 0) is 30.3 Å². The van der Waals surface area contributed by atoms with Crippen LogP contribution in [-0.4, -0.2) is 11.0 Å². The summed E-state index contributed by atoms with van der Waals surface area (Å²) in [5.41, 5.74) is 2.42. The van der Waals surface area contributed by atoms with Crippen LogP contribution in [0.15, 0.2) is 58.4 Å². The van der Waals surface area contributed by atoms with Crippen molar-refractivity contribution in [3.8, 4) is 11.3 Å². The van der Waals surface area contributed by atoms with Crippen LogP contribution >= 0.6 is 38.9 Å². The van der Waals surface area contributed by atoms with E-state index in [0.717, 1.165) is 15.7 Å². The van der Waals surface area contributed by atoms with Gasteiger partial charge in [0.1, 0.15) is 0 Å². The second-order valence-electron chi connectivity index (χ2n) is 4.64. The highest BCUT2D eigenvalue weighted by atomic mass is 79.9. The molecule has 0 spiro atoms. The van der Waals surface area contributed by atoms with Gasteiger partial charge < -0.3 is 5.32 Å². The average molecular weight is 409 g/mol. The van der Waals surface area contributed by atoms with E-state index in [1.54, 1.807) is 24.3 Å². The monoisotopic (exact) mass is 407 g/mol. The van der Waals surface area contributed by atoms with Crippen molar-refractivity contribution in [3.05, 3.63) is 63.4 Å². The number of nitrogens with one attached hydrogen (secondary N) is 2. The van der Waals surface area contributed by atoms with E-state index in [1.165, 1.54) is 11.3 Å². The zero-order valence-electron chi connectivity index (χ0n) is 11.7. The maximum absolute atomic E-state index is 12.0. The molecule has 23 heavy (non-hydrogen) atoms. The van der Waals surface area contributed by atoms with E-state index in [4.69, 9.17) is 11.6 Å². The lowest BCUT2D eigenvalue weighted by Crippen LogP contribution is -2.19. The van der Waals surface area contributed by atoms with Gasteiger partial charge in [0.05, 0.1) is 5.69 Å². The molecule has 0 aliphatic carbocycles. The molecule has 116 valence electrons. The van der Waals surface area contributed by atoms with Gasteiger partial charge in [-0.2, -0.15) is 0 Å². The maximum atomic E-state index is 12.0. The molecule has 0 bridgehead atoms. The number of rotatable bonds is 3. The van der Waals surface area contributed by atoms with Crippen molar-refractivity contribution >= 4 is 55.7 Å². The summed E-state index contributed by atoms with van der Waals surface area (Å²) in [6.07, 6.45) is 0. The Morgan fingerprint density at radius 1 is 1.13 bits per heavy atom. The van der Waals surface area contributed by atoms with E-state index in [2.05, 4.69) is 31.5 Å². The number of hydrogen-bond donors (Lipinski definition) is 2. The van der Waals surface area contributed by atoms with Gasteiger partial charge in [-0.15, -0.1) is 11.3 Å². The number of aromatic nitrogens is 1. The van der Waals surface area contributed by atoms with Crippen LogP contribution < -0.4 is 10.6 Å². The van der Waals surface area contributed by atoms with E-state index in [-0.39, 0.29) is 6.03 Å². The fourth-order valence-electron chi connectivity index (χ4n) is 1.94. The second-order valence-corrected chi connectivity index (χ2v) is 6.85. The number of urea groups is 1. The van der Waals surface area contributed by atoms with Crippen LogP contribution in [0.4, 0.5) is 15.6 Å². The molecular weight excluding hydrogens is 398 g/mol. The predicted octanol–water partition coefficient (Wildman–Crippen LogP) is 5.87. The van der Waals surface area contributed by atoms with Crippen LogP contribution in [0.1, 0.15) is 0 Å². The number of nitrogens with zero attached hydrogens (tertiary/aromatic N) is 1. The van der Waals surface area contributed by atoms with Crippen molar-refractivity contribution in [1.29, 1.82) is 0 Å². The molecule has 3 aromatic rings. The summed E-state index contributed by atoms with van der Waals surface area (Å²) >= 11 is 10.7. The number of hydrogen-bond acceptors (Lipinski definition) is 3.